The third kappa shape index (κ3) is 3.00. The van der Waals surface area contributed by atoms with Gasteiger partial charge in [-0.1, -0.05) is 0 Å². The minimum absolute atomic E-state index is 0.296. The van der Waals surface area contributed by atoms with Gasteiger partial charge in [0.2, 0.25) is 5.13 Å². The van der Waals surface area contributed by atoms with E-state index in [9.17, 15) is 4.79 Å². The molecule has 0 aliphatic rings. The van der Waals surface area contributed by atoms with Crippen molar-refractivity contribution in [2.45, 2.75) is 6.92 Å². The first-order valence-electron chi connectivity index (χ1n) is 5.47. The zero-order valence-corrected chi connectivity index (χ0v) is 11.6. The topological polar surface area (TPSA) is 73.3 Å². The highest BCUT2D eigenvalue weighted by Crippen LogP contribution is 2.25. The van der Waals surface area contributed by atoms with E-state index in [-0.39, 0.29) is 5.91 Å². The molecule has 19 heavy (non-hydrogen) atoms. The average molecular weight is 279 g/mol. The molecule has 1 aromatic carbocycles. The number of anilines is 1. The Hall–Kier alpha value is -2.15. The van der Waals surface area contributed by atoms with Gasteiger partial charge in [0.05, 0.1) is 19.8 Å². The van der Waals surface area contributed by atoms with Crippen molar-refractivity contribution in [3.63, 3.8) is 0 Å². The highest BCUT2D eigenvalue weighted by Gasteiger charge is 2.15. The SMILES string of the molecule is COc1ccc(C(=O)Nc2nc(C)ns2)c(OC)c1. The quantitative estimate of drug-likeness (QED) is 0.928. The molecule has 6 nitrogen and oxygen atoms in total. The monoisotopic (exact) mass is 279 g/mol. The maximum absolute atomic E-state index is 12.1. The van der Waals surface area contributed by atoms with Crippen molar-refractivity contribution in [1.29, 1.82) is 0 Å². The van der Waals surface area contributed by atoms with E-state index in [1.807, 2.05) is 0 Å². The Kier molecular flexibility index (Phi) is 3.96. The van der Waals surface area contributed by atoms with Crippen molar-refractivity contribution in [3.8, 4) is 11.5 Å². The summed E-state index contributed by atoms with van der Waals surface area (Å²) in [7, 11) is 3.05. The van der Waals surface area contributed by atoms with Gasteiger partial charge in [0.25, 0.3) is 5.91 Å². The normalized spacial score (nSPS) is 10.1. The van der Waals surface area contributed by atoms with E-state index < -0.39 is 0 Å². The maximum atomic E-state index is 12.1. The van der Waals surface area contributed by atoms with Crippen LogP contribution in [0.4, 0.5) is 5.13 Å². The van der Waals surface area contributed by atoms with Crippen molar-refractivity contribution in [1.82, 2.24) is 9.36 Å². The van der Waals surface area contributed by atoms with Crippen molar-refractivity contribution in [2.24, 2.45) is 0 Å². The summed E-state index contributed by atoms with van der Waals surface area (Å²) in [6, 6.07) is 4.99. The van der Waals surface area contributed by atoms with Crippen LogP contribution in [0.3, 0.4) is 0 Å². The minimum atomic E-state index is -0.296. The van der Waals surface area contributed by atoms with Gasteiger partial charge in [0, 0.05) is 17.6 Å². The number of aryl methyl sites for hydroxylation is 1. The Labute approximate surface area is 114 Å². The van der Waals surface area contributed by atoms with Crippen LogP contribution in [-0.4, -0.2) is 29.5 Å². The fourth-order valence-corrected chi connectivity index (χ4v) is 2.07. The molecule has 2 aromatic rings. The van der Waals surface area contributed by atoms with Crippen LogP contribution in [0.25, 0.3) is 0 Å². The number of benzene rings is 1. The predicted octanol–water partition coefficient (Wildman–Crippen LogP) is 2.12. The van der Waals surface area contributed by atoms with Gasteiger partial charge in [0.1, 0.15) is 17.3 Å². The van der Waals surface area contributed by atoms with Crippen LogP contribution in [0.15, 0.2) is 18.2 Å². The number of aromatic nitrogens is 2. The van der Waals surface area contributed by atoms with Crippen molar-refractivity contribution >= 4 is 22.6 Å². The molecule has 7 heteroatoms. The molecule has 0 atom stereocenters. The van der Waals surface area contributed by atoms with Gasteiger partial charge in [-0.05, 0) is 19.1 Å². The van der Waals surface area contributed by atoms with Crippen LogP contribution in [0.5, 0.6) is 11.5 Å². The third-order valence-electron chi connectivity index (χ3n) is 2.40. The first-order valence-corrected chi connectivity index (χ1v) is 6.25. The first kappa shape index (κ1) is 13.3. The van der Waals surface area contributed by atoms with Crippen LogP contribution in [0.2, 0.25) is 0 Å². The summed E-state index contributed by atoms with van der Waals surface area (Å²) in [6.45, 7) is 1.76. The van der Waals surface area contributed by atoms with E-state index in [1.54, 1.807) is 32.2 Å². The molecule has 0 radical (unpaired) electrons. The van der Waals surface area contributed by atoms with E-state index in [1.165, 1.54) is 7.11 Å². The number of nitrogens with zero attached hydrogens (tertiary/aromatic N) is 2. The van der Waals surface area contributed by atoms with Crippen LogP contribution in [-0.2, 0) is 0 Å². The molecule has 0 unspecified atom stereocenters. The number of hydrogen-bond donors (Lipinski definition) is 1. The lowest BCUT2D eigenvalue weighted by atomic mass is 10.2. The van der Waals surface area contributed by atoms with Gasteiger partial charge in [-0.2, -0.15) is 4.37 Å². The Bertz CT molecular complexity index is 598. The molecule has 2 rings (SSSR count). The minimum Gasteiger partial charge on any atom is -0.497 e. The molecule has 0 saturated heterocycles. The number of carbonyl (C=O) groups is 1. The maximum Gasteiger partial charge on any atom is 0.261 e. The fourth-order valence-electron chi connectivity index (χ4n) is 1.50. The van der Waals surface area contributed by atoms with E-state index in [0.29, 0.717) is 28.0 Å². The molecule has 0 aliphatic heterocycles. The molecule has 1 N–H and O–H groups in total. The van der Waals surface area contributed by atoms with Gasteiger partial charge in [-0.3, -0.25) is 10.1 Å². The summed E-state index contributed by atoms with van der Waals surface area (Å²) in [5.41, 5.74) is 0.413. The zero-order valence-electron chi connectivity index (χ0n) is 10.8. The van der Waals surface area contributed by atoms with E-state index in [0.717, 1.165) is 11.5 Å². The molecule has 100 valence electrons. The Morgan fingerprint density at radius 1 is 1.32 bits per heavy atom. The summed E-state index contributed by atoms with van der Waals surface area (Å²) >= 11 is 1.14. The lowest BCUT2D eigenvalue weighted by Crippen LogP contribution is -2.13. The molecule has 0 fully saturated rings. The number of nitrogens with one attached hydrogen (secondary N) is 1. The molecule has 1 aromatic heterocycles. The predicted molar refractivity (Wildman–Crippen MR) is 72.1 cm³/mol. The summed E-state index contributed by atoms with van der Waals surface area (Å²) in [5.74, 6) is 1.40. The lowest BCUT2D eigenvalue weighted by molar-refractivity contribution is 0.102. The van der Waals surface area contributed by atoms with Crippen molar-refractivity contribution < 1.29 is 14.3 Å². The molecule has 0 spiro atoms. The van der Waals surface area contributed by atoms with Crippen LogP contribution < -0.4 is 14.8 Å². The van der Waals surface area contributed by atoms with Gasteiger partial charge in [0.15, 0.2) is 0 Å². The Morgan fingerprint density at radius 3 is 2.68 bits per heavy atom. The summed E-state index contributed by atoms with van der Waals surface area (Å²) in [6.07, 6.45) is 0. The molecule has 1 heterocycles. The molecule has 0 aliphatic carbocycles. The highest BCUT2D eigenvalue weighted by molar-refractivity contribution is 7.09. The van der Waals surface area contributed by atoms with E-state index >= 15 is 0 Å². The lowest BCUT2D eigenvalue weighted by Gasteiger charge is -2.09. The van der Waals surface area contributed by atoms with Gasteiger partial charge < -0.3 is 9.47 Å². The Balaban J connectivity index is 2.23. The van der Waals surface area contributed by atoms with Gasteiger partial charge in [-0.15, -0.1) is 0 Å². The number of hydrogen-bond acceptors (Lipinski definition) is 6. The van der Waals surface area contributed by atoms with Crippen LogP contribution >= 0.6 is 11.5 Å². The fraction of sp³-hybridized carbons (Fsp3) is 0.250. The summed E-state index contributed by atoms with van der Waals surface area (Å²) in [4.78, 5) is 16.2. The number of amides is 1. The summed E-state index contributed by atoms with van der Waals surface area (Å²) in [5, 5.41) is 3.14. The van der Waals surface area contributed by atoms with Crippen molar-refractivity contribution in [2.75, 3.05) is 19.5 Å². The average Bonchev–Trinajstić information content (AvgIpc) is 2.83. The molecule has 0 bridgehead atoms. The smallest absolute Gasteiger partial charge is 0.261 e. The van der Waals surface area contributed by atoms with E-state index in [2.05, 4.69) is 14.7 Å². The third-order valence-corrected chi connectivity index (χ3v) is 3.12. The molecular formula is C12H13N3O3S. The first-order chi connectivity index (χ1) is 9.13. The van der Waals surface area contributed by atoms with E-state index in [4.69, 9.17) is 9.47 Å². The number of ether oxygens (including phenoxy) is 2. The van der Waals surface area contributed by atoms with Crippen molar-refractivity contribution in [3.05, 3.63) is 29.6 Å². The van der Waals surface area contributed by atoms with Crippen LogP contribution in [0, 0.1) is 6.92 Å². The Morgan fingerprint density at radius 2 is 2.11 bits per heavy atom. The molecule has 1 amide bonds. The van der Waals surface area contributed by atoms with Gasteiger partial charge in [-0.25, -0.2) is 4.98 Å². The second-order valence-corrected chi connectivity index (χ2v) is 4.42. The molecular weight excluding hydrogens is 266 g/mol. The largest absolute Gasteiger partial charge is 0.497 e. The number of rotatable bonds is 4. The number of carbonyl (C=O) groups excluding carboxylic acids is 1. The zero-order chi connectivity index (χ0) is 13.8. The number of methoxy groups -OCH3 is 2. The second-order valence-electron chi connectivity index (χ2n) is 3.67. The molecule has 0 saturated carbocycles. The standard InChI is InChI=1S/C12H13N3O3S/c1-7-13-12(19-15-7)14-11(16)9-5-4-8(17-2)6-10(9)18-3/h4-6H,1-3H3,(H,13,14,15,16). The van der Waals surface area contributed by atoms with Gasteiger partial charge >= 0.3 is 0 Å². The second kappa shape index (κ2) is 5.66. The summed E-state index contributed by atoms with van der Waals surface area (Å²) < 4.78 is 14.3. The van der Waals surface area contributed by atoms with Crippen LogP contribution in [0.1, 0.15) is 16.2 Å². The highest BCUT2D eigenvalue weighted by atomic mass is 32.1.